The molecule has 0 bridgehead atoms. The predicted molar refractivity (Wildman–Crippen MR) is 73.1 cm³/mol. The standard InChI is InChI=1S/C15H15FOS/c1-12-5-7-13(8-6-12)10-18(17)11-14-3-2-4-15(16)9-14/h2-9H,10-11H2,1H3/t18-/m0/s1. The highest BCUT2D eigenvalue weighted by Gasteiger charge is 2.04. The molecule has 0 fully saturated rings. The molecule has 2 rings (SSSR count). The van der Waals surface area contributed by atoms with E-state index < -0.39 is 10.8 Å². The van der Waals surface area contributed by atoms with Crippen molar-refractivity contribution in [3.05, 3.63) is 71.0 Å². The monoisotopic (exact) mass is 262 g/mol. The molecule has 0 radical (unpaired) electrons. The van der Waals surface area contributed by atoms with Crippen LogP contribution in [0.2, 0.25) is 0 Å². The summed E-state index contributed by atoms with van der Waals surface area (Å²) in [6.07, 6.45) is 0. The molecule has 0 saturated heterocycles. The zero-order valence-corrected chi connectivity index (χ0v) is 11.0. The second-order valence-electron chi connectivity index (χ2n) is 4.34. The van der Waals surface area contributed by atoms with Crippen LogP contribution in [0.3, 0.4) is 0 Å². The summed E-state index contributed by atoms with van der Waals surface area (Å²) in [5.41, 5.74) is 3.02. The third kappa shape index (κ3) is 3.77. The topological polar surface area (TPSA) is 17.1 Å². The van der Waals surface area contributed by atoms with Crippen LogP contribution in [0.4, 0.5) is 4.39 Å². The molecule has 0 aliphatic heterocycles. The predicted octanol–water partition coefficient (Wildman–Crippen LogP) is 3.58. The Hall–Kier alpha value is -1.48. The zero-order chi connectivity index (χ0) is 13.0. The maximum Gasteiger partial charge on any atom is 0.123 e. The van der Waals surface area contributed by atoms with E-state index in [0.717, 1.165) is 11.1 Å². The summed E-state index contributed by atoms with van der Waals surface area (Å²) in [5, 5.41) is 0. The summed E-state index contributed by atoms with van der Waals surface area (Å²) in [4.78, 5) is 0. The molecule has 0 aliphatic carbocycles. The van der Waals surface area contributed by atoms with Gasteiger partial charge < -0.3 is 0 Å². The molecule has 0 aliphatic rings. The molecular formula is C15H15FOS. The molecule has 18 heavy (non-hydrogen) atoms. The van der Waals surface area contributed by atoms with Gasteiger partial charge in [0.15, 0.2) is 0 Å². The van der Waals surface area contributed by atoms with Crippen LogP contribution in [0.25, 0.3) is 0 Å². The van der Waals surface area contributed by atoms with Crippen molar-refractivity contribution in [3.8, 4) is 0 Å². The summed E-state index contributed by atoms with van der Waals surface area (Å²) in [7, 11) is -1.00. The van der Waals surface area contributed by atoms with E-state index in [-0.39, 0.29) is 5.82 Å². The third-order valence-electron chi connectivity index (χ3n) is 2.66. The first kappa shape index (κ1) is 13.0. The SMILES string of the molecule is Cc1ccc(C[S@](=O)Cc2cccc(F)c2)cc1. The van der Waals surface area contributed by atoms with Crippen molar-refractivity contribution >= 4 is 10.8 Å². The molecule has 0 aromatic heterocycles. The molecule has 0 spiro atoms. The van der Waals surface area contributed by atoms with Gasteiger partial charge in [-0.2, -0.15) is 0 Å². The lowest BCUT2D eigenvalue weighted by molar-refractivity contribution is 0.626. The van der Waals surface area contributed by atoms with Crippen molar-refractivity contribution in [2.75, 3.05) is 0 Å². The van der Waals surface area contributed by atoms with Crippen LogP contribution in [-0.2, 0) is 22.3 Å². The van der Waals surface area contributed by atoms with Crippen molar-refractivity contribution in [2.24, 2.45) is 0 Å². The van der Waals surface area contributed by atoms with Gasteiger partial charge >= 0.3 is 0 Å². The molecule has 0 amide bonds. The van der Waals surface area contributed by atoms with Crippen LogP contribution < -0.4 is 0 Å². The van der Waals surface area contributed by atoms with Crippen LogP contribution in [0.1, 0.15) is 16.7 Å². The van der Waals surface area contributed by atoms with E-state index in [9.17, 15) is 8.60 Å². The number of hydrogen-bond donors (Lipinski definition) is 0. The maximum atomic E-state index is 13.0. The first-order valence-corrected chi connectivity index (χ1v) is 7.27. The smallest absolute Gasteiger partial charge is 0.123 e. The summed E-state index contributed by atoms with van der Waals surface area (Å²) in [6.45, 7) is 2.02. The lowest BCUT2D eigenvalue weighted by atomic mass is 10.2. The number of halogens is 1. The number of benzene rings is 2. The third-order valence-corrected chi connectivity index (χ3v) is 3.98. The first-order chi connectivity index (χ1) is 8.63. The highest BCUT2D eigenvalue weighted by Crippen LogP contribution is 2.11. The molecule has 94 valence electrons. The molecule has 2 aromatic rings. The lowest BCUT2D eigenvalue weighted by Crippen LogP contribution is -1.99. The van der Waals surface area contributed by atoms with Gasteiger partial charge in [0.05, 0.1) is 0 Å². The van der Waals surface area contributed by atoms with Crippen molar-refractivity contribution in [1.82, 2.24) is 0 Å². The fourth-order valence-electron chi connectivity index (χ4n) is 1.73. The average molecular weight is 262 g/mol. The Morgan fingerprint density at radius 2 is 1.67 bits per heavy atom. The largest absolute Gasteiger partial charge is 0.259 e. The van der Waals surface area contributed by atoms with E-state index in [2.05, 4.69) is 0 Å². The second kappa shape index (κ2) is 5.91. The number of hydrogen-bond acceptors (Lipinski definition) is 1. The molecule has 0 heterocycles. The average Bonchev–Trinajstić information content (AvgIpc) is 2.32. The molecule has 3 heteroatoms. The van der Waals surface area contributed by atoms with E-state index in [0.29, 0.717) is 11.5 Å². The van der Waals surface area contributed by atoms with Gasteiger partial charge in [-0.05, 0) is 30.2 Å². The van der Waals surface area contributed by atoms with Gasteiger partial charge in [-0.1, -0.05) is 42.0 Å². The Morgan fingerprint density at radius 3 is 2.33 bits per heavy atom. The summed E-state index contributed by atoms with van der Waals surface area (Å²) < 4.78 is 25.0. The van der Waals surface area contributed by atoms with Crippen LogP contribution in [0.5, 0.6) is 0 Å². The Kier molecular flexibility index (Phi) is 4.26. The van der Waals surface area contributed by atoms with Crippen molar-refractivity contribution in [3.63, 3.8) is 0 Å². The molecule has 1 nitrogen and oxygen atoms in total. The molecule has 0 N–H and O–H groups in total. The first-order valence-electron chi connectivity index (χ1n) is 5.78. The Balaban J connectivity index is 1.98. The highest BCUT2D eigenvalue weighted by atomic mass is 32.2. The van der Waals surface area contributed by atoms with Crippen molar-refractivity contribution < 1.29 is 8.60 Å². The Morgan fingerprint density at radius 1 is 1.00 bits per heavy atom. The quantitative estimate of drug-likeness (QED) is 0.823. The van der Waals surface area contributed by atoms with E-state index in [4.69, 9.17) is 0 Å². The summed E-state index contributed by atoms with van der Waals surface area (Å²) in [6, 6.07) is 14.3. The number of aryl methyl sites for hydroxylation is 1. The van der Waals surface area contributed by atoms with Crippen LogP contribution in [0.15, 0.2) is 48.5 Å². The minimum absolute atomic E-state index is 0.278. The molecular weight excluding hydrogens is 247 g/mol. The molecule has 1 atom stereocenters. The van der Waals surface area contributed by atoms with Gasteiger partial charge in [-0.15, -0.1) is 0 Å². The van der Waals surface area contributed by atoms with E-state index >= 15 is 0 Å². The molecule has 0 saturated carbocycles. The van der Waals surface area contributed by atoms with E-state index in [1.807, 2.05) is 31.2 Å². The highest BCUT2D eigenvalue weighted by molar-refractivity contribution is 7.83. The molecule has 0 unspecified atom stereocenters. The minimum Gasteiger partial charge on any atom is -0.259 e. The summed E-state index contributed by atoms with van der Waals surface area (Å²) in [5.74, 6) is 0.627. The molecule has 2 aromatic carbocycles. The Bertz CT molecular complexity index is 549. The minimum atomic E-state index is -1.00. The van der Waals surface area contributed by atoms with Gasteiger partial charge in [0.25, 0.3) is 0 Å². The van der Waals surface area contributed by atoms with Gasteiger partial charge in [0.1, 0.15) is 5.82 Å². The Labute approximate surface area is 109 Å². The summed E-state index contributed by atoms with van der Waals surface area (Å²) >= 11 is 0. The van der Waals surface area contributed by atoms with Crippen molar-refractivity contribution in [1.29, 1.82) is 0 Å². The van der Waals surface area contributed by atoms with Crippen LogP contribution in [-0.4, -0.2) is 4.21 Å². The zero-order valence-electron chi connectivity index (χ0n) is 10.2. The normalized spacial score (nSPS) is 12.3. The van der Waals surface area contributed by atoms with Gasteiger partial charge in [0.2, 0.25) is 0 Å². The fraction of sp³-hybridized carbons (Fsp3) is 0.200. The maximum absolute atomic E-state index is 13.0. The van der Waals surface area contributed by atoms with E-state index in [1.165, 1.54) is 17.7 Å². The van der Waals surface area contributed by atoms with Crippen LogP contribution in [0, 0.1) is 12.7 Å². The fourth-order valence-corrected chi connectivity index (χ4v) is 2.95. The van der Waals surface area contributed by atoms with Gasteiger partial charge in [-0.25, -0.2) is 4.39 Å². The number of rotatable bonds is 4. The lowest BCUT2D eigenvalue weighted by Gasteiger charge is -2.04. The van der Waals surface area contributed by atoms with Crippen molar-refractivity contribution in [2.45, 2.75) is 18.4 Å². The van der Waals surface area contributed by atoms with Gasteiger partial charge in [-0.3, -0.25) is 4.21 Å². The van der Waals surface area contributed by atoms with Gasteiger partial charge in [0, 0.05) is 22.3 Å². The second-order valence-corrected chi connectivity index (χ2v) is 5.80. The van der Waals surface area contributed by atoms with E-state index in [1.54, 1.807) is 12.1 Å². The van der Waals surface area contributed by atoms with Crippen LogP contribution >= 0.6 is 0 Å².